The van der Waals surface area contributed by atoms with Gasteiger partial charge in [-0.05, 0) is 37.3 Å². The fraction of sp³-hybridized carbons (Fsp3) is 0.545. The highest BCUT2D eigenvalue weighted by molar-refractivity contribution is 6.22. The number of hydrogen-bond donors (Lipinski definition) is 0. The largest absolute Gasteiger partial charge is 0.339 e. The van der Waals surface area contributed by atoms with E-state index in [1.165, 1.54) is 0 Å². The van der Waals surface area contributed by atoms with Crippen LogP contribution in [0.5, 0.6) is 0 Å². The molecule has 4 rings (SSSR count). The van der Waals surface area contributed by atoms with Crippen molar-refractivity contribution in [3.8, 4) is 0 Å². The van der Waals surface area contributed by atoms with Crippen LogP contribution in [-0.4, -0.2) is 70.5 Å². The van der Waals surface area contributed by atoms with Gasteiger partial charge in [-0.1, -0.05) is 26.0 Å². The number of carbonyl (C=O) groups excluding carboxylic acids is 4. The summed E-state index contributed by atoms with van der Waals surface area (Å²) in [5.41, 5.74) is 0.720. The maximum atomic E-state index is 13.4. The van der Waals surface area contributed by atoms with Gasteiger partial charge in [-0.2, -0.15) is 0 Å². The molecule has 29 heavy (non-hydrogen) atoms. The van der Waals surface area contributed by atoms with Crippen LogP contribution >= 0.6 is 0 Å². The van der Waals surface area contributed by atoms with Crippen molar-refractivity contribution in [1.82, 2.24) is 14.7 Å². The molecule has 3 aliphatic rings. The van der Waals surface area contributed by atoms with Crippen molar-refractivity contribution < 1.29 is 19.2 Å². The van der Waals surface area contributed by atoms with Gasteiger partial charge in [0, 0.05) is 32.1 Å². The van der Waals surface area contributed by atoms with E-state index in [1.807, 2.05) is 18.7 Å². The quantitative estimate of drug-likeness (QED) is 0.710. The highest BCUT2D eigenvalue weighted by Crippen LogP contribution is 2.32. The second-order valence-corrected chi connectivity index (χ2v) is 8.60. The number of amides is 4. The topological polar surface area (TPSA) is 78.0 Å². The lowest BCUT2D eigenvalue weighted by atomic mass is 10.0. The van der Waals surface area contributed by atoms with Crippen LogP contribution in [0.2, 0.25) is 0 Å². The molecule has 1 unspecified atom stereocenters. The predicted molar refractivity (Wildman–Crippen MR) is 106 cm³/mol. The van der Waals surface area contributed by atoms with Crippen LogP contribution in [0.25, 0.3) is 0 Å². The highest BCUT2D eigenvalue weighted by Gasteiger charge is 2.44. The Morgan fingerprint density at radius 3 is 1.93 bits per heavy atom. The zero-order valence-corrected chi connectivity index (χ0v) is 17.0. The standard InChI is InChI=1S/C22H27N3O4/c1-14(2)13-18(25-20(27)16-5-3-4-6-17(16)21(25)28)22(29)24-11-9-23(10-12-24)19(26)15-7-8-15/h3-6,14-15,18H,7-13H2,1-2H3. The molecule has 0 aromatic heterocycles. The van der Waals surface area contributed by atoms with Crippen LogP contribution in [0.1, 0.15) is 53.8 Å². The predicted octanol–water partition coefficient (Wildman–Crippen LogP) is 1.78. The van der Waals surface area contributed by atoms with Crippen molar-refractivity contribution in [1.29, 1.82) is 0 Å². The van der Waals surface area contributed by atoms with E-state index in [0.717, 1.165) is 17.7 Å². The summed E-state index contributed by atoms with van der Waals surface area (Å²) in [6, 6.07) is 5.91. The molecule has 1 aromatic rings. The van der Waals surface area contributed by atoms with E-state index in [9.17, 15) is 19.2 Å². The molecule has 2 aliphatic heterocycles. The van der Waals surface area contributed by atoms with Gasteiger partial charge in [0.2, 0.25) is 11.8 Å². The van der Waals surface area contributed by atoms with Gasteiger partial charge in [-0.3, -0.25) is 24.1 Å². The minimum absolute atomic E-state index is 0.144. The number of hydrogen-bond acceptors (Lipinski definition) is 4. The third-order valence-electron chi connectivity index (χ3n) is 5.95. The maximum absolute atomic E-state index is 13.4. The van der Waals surface area contributed by atoms with Crippen LogP contribution in [0, 0.1) is 11.8 Å². The number of piperazine rings is 1. The Hall–Kier alpha value is -2.70. The van der Waals surface area contributed by atoms with E-state index in [-0.39, 0.29) is 23.7 Å². The van der Waals surface area contributed by atoms with Gasteiger partial charge in [0.15, 0.2) is 0 Å². The van der Waals surface area contributed by atoms with Crippen LogP contribution in [0.15, 0.2) is 24.3 Å². The maximum Gasteiger partial charge on any atom is 0.262 e. The fourth-order valence-electron chi connectivity index (χ4n) is 4.20. The summed E-state index contributed by atoms with van der Waals surface area (Å²) in [5, 5.41) is 0. The number of carbonyl (C=O) groups is 4. The van der Waals surface area contributed by atoms with Gasteiger partial charge in [0.25, 0.3) is 11.8 Å². The molecule has 0 radical (unpaired) electrons. The second kappa shape index (κ2) is 7.61. The van der Waals surface area contributed by atoms with Crippen LogP contribution in [0.3, 0.4) is 0 Å². The average molecular weight is 397 g/mol. The van der Waals surface area contributed by atoms with Gasteiger partial charge < -0.3 is 9.80 Å². The van der Waals surface area contributed by atoms with Crippen LogP contribution in [-0.2, 0) is 9.59 Å². The summed E-state index contributed by atoms with van der Waals surface area (Å²) in [7, 11) is 0. The summed E-state index contributed by atoms with van der Waals surface area (Å²) < 4.78 is 0. The van der Waals surface area contributed by atoms with E-state index in [4.69, 9.17) is 0 Å². The highest BCUT2D eigenvalue weighted by atomic mass is 16.2. The van der Waals surface area contributed by atoms with E-state index in [0.29, 0.717) is 43.7 Å². The number of benzene rings is 1. The monoisotopic (exact) mass is 397 g/mol. The summed E-state index contributed by atoms with van der Waals surface area (Å²) in [5.74, 6) is -0.488. The van der Waals surface area contributed by atoms with Gasteiger partial charge in [0.1, 0.15) is 6.04 Å². The first kappa shape index (κ1) is 19.6. The van der Waals surface area contributed by atoms with Gasteiger partial charge in [-0.25, -0.2) is 0 Å². The molecule has 1 atom stereocenters. The zero-order valence-electron chi connectivity index (χ0n) is 17.0. The first-order valence-electron chi connectivity index (χ1n) is 10.4. The molecule has 1 saturated heterocycles. The van der Waals surface area contributed by atoms with Gasteiger partial charge >= 0.3 is 0 Å². The summed E-state index contributed by atoms with van der Waals surface area (Å²) in [6.07, 6.45) is 2.36. The zero-order chi connectivity index (χ0) is 20.7. The molecule has 2 heterocycles. The molecule has 154 valence electrons. The van der Waals surface area contributed by atoms with E-state index in [2.05, 4.69) is 0 Å². The van der Waals surface area contributed by atoms with E-state index < -0.39 is 17.9 Å². The Balaban J connectivity index is 1.50. The molecule has 1 saturated carbocycles. The second-order valence-electron chi connectivity index (χ2n) is 8.60. The molecule has 1 aromatic carbocycles. The third kappa shape index (κ3) is 3.66. The van der Waals surface area contributed by atoms with Crippen molar-refractivity contribution in [3.05, 3.63) is 35.4 Å². The van der Waals surface area contributed by atoms with E-state index >= 15 is 0 Å². The molecular formula is C22H27N3O4. The lowest BCUT2D eigenvalue weighted by Gasteiger charge is -2.38. The van der Waals surface area contributed by atoms with Crippen LogP contribution < -0.4 is 0 Å². The molecule has 1 aliphatic carbocycles. The smallest absolute Gasteiger partial charge is 0.262 e. The minimum atomic E-state index is -0.812. The van der Waals surface area contributed by atoms with Gasteiger partial charge in [0.05, 0.1) is 11.1 Å². The van der Waals surface area contributed by atoms with Crippen molar-refractivity contribution in [3.63, 3.8) is 0 Å². The summed E-state index contributed by atoms with van der Waals surface area (Å²) in [6.45, 7) is 5.86. The lowest BCUT2D eigenvalue weighted by Crippen LogP contribution is -2.57. The van der Waals surface area contributed by atoms with Crippen LogP contribution in [0.4, 0.5) is 0 Å². The number of imide groups is 1. The summed E-state index contributed by atoms with van der Waals surface area (Å²) >= 11 is 0. The number of nitrogens with zero attached hydrogens (tertiary/aromatic N) is 3. The third-order valence-corrected chi connectivity index (χ3v) is 5.95. The molecule has 7 heteroatoms. The van der Waals surface area contributed by atoms with E-state index in [1.54, 1.807) is 29.2 Å². The summed E-state index contributed by atoms with van der Waals surface area (Å²) in [4.78, 5) is 56.2. The Morgan fingerprint density at radius 1 is 0.931 bits per heavy atom. The number of rotatable bonds is 5. The fourth-order valence-corrected chi connectivity index (χ4v) is 4.20. The van der Waals surface area contributed by atoms with Crippen molar-refractivity contribution >= 4 is 23.6 Å². The molecule has 4 amide bonds. The van der Waals surface area contributed by atoms with Crippen molar-refractivity contribution in [2.24, 2.45) is 11.8 Å². The Morgan fingerprint density at radius 2 is 1.45 bits per heavy atom. The van der Waals surface area contributed by atoms with Gasteiger partial charge in [-0.15, -0.1) is 0 Å². The molecule has 7 nitrogen and oxygen atoms in total. The normalized spacial score (nSPS) is 20.3. The molecule has 0 bridgehead atoms. The Labute approximate surface area is 170 Å². The average Bonchev–Trinajstić information content (AvgIpc) is 3.53. The van der Waals surface area contributed by atoms with Crippen molar-refractivity contribution in [2.45, 2.75) is 39.2 Å². The molecule has 0 spiro atoms. The molecular weight excluding hydrogens is 370 g/mol. The molecule has 0 N–H and O–H groups in total. The Kier molecular flexibility index (Phi) is 5.15. The number of fused-ring (bicyclic) bond motifs is 1. The first-order chi connectivity index (χ1) is 13.9. The SMILES string of the molecule is CC(C)CC(C(=O)N1CCN(C(=O)C2CC2)CC1)N1C(=O)c2ccccc2C1=O. The first-order valence-corrected chi connectivity index (χ1v) is 10.4. The lowest BCUT2D eigenvalue weighted by molar-refractivity contribution is -0.142. The Bertz CT molecular complexity index is 818. The van der Waals surface area contributed by atoms with Crippen molar-refractivity contribution in [2.75, 3.05) is 26.2 Å². The molecule has 2 fully saturated rings. The minimum Gasteiger partial charge on any atom is -0.339 e.